The molecule has 0 radical (unpaired) electrons. The van der Waals surface area contributed by atoms with Crippen molar-refractivity contribution < 1.29 is 4.74 Å². The van der Waals surface area contributed by atoms with Crippen LogP contribution in [0.4, 0.5) is 5.69 Å². The molecule has 0 saturated carbocycles. The van der Waals surface area contributed by atoms with Crippen molar-refractivity contribution in [3.63, 3.8) is 0 Å². The Hall–Kier alpha value is -1.06. The van der Waals surface area contributed by atoms with Gasteiger partial charge in [0.05, 0.1) is 6.61 Å². The van der Waals surface area contributed by atoms with Crippen LogP contribution in [0.15, 0.2) is 30.3 Å². The molecule has 2 fully saturated rings. The third-order valence-electron chi connectivity index (χ3n) is 4.71. The van der Waals surface area contributed by atoms with E-state index >= 15 is 0 Å². The standard InChI is InChI=1S/C17H26N2O/c1-18(12-15-9-11-20-14-15)17-8-5-10-19(13-17)16-6-3-2-4-7-16/h2-4,6-7,15,17H,5,8-14H2,1H3/t15-,17-/m1/s1. The van der Waals surface area contributed by atoms with Crippen LogP contribution in [-0.4, -0.2) is 50.8 Å². The summed E-state index contributed by atoms with van der Waals surface area (Å²) >= 11 is 0. The van der Waals surface area contributed by atoms with Crippen molar-refractivity contribution in [2.45, 2.75) is 25.3 Å². The summed E-state index contributed by atoms with van der Waals surface area (Å²) in [5.74, 6) is 0.743. The molecule has 3 heteroatoms. The molecule has 3 rings (SSSR count). The number of ether oxygens (including phenoxy) is 1. The Kier molecular flexibility index (Phi) is 4.58. The number of likely N-dealkylation sites (N-methyl/N-ethyl adjacent to an activating group) is 1. The second-order valence-electron chi connectivity index (χ2n) is 6.25. The first-order valence-corrected chi connectivity index (χ1v) is 7.91. The Morgan fingerprint density at radius 2 is 2.10 bits per heavy atom. The van der Waals surface area contributed by atoms with E-state index in [1.807, 2.05) is 0 Å². The molecule has 2 aliphatic rings. The second-order valence-corrected chi connectivity index (χ2v) is 6.25. The molecule has 110 valence electrons. The van der Waals surface area contributed by atoms with Gasteiger partial charge in [-0.2, -0.15) is 0 Å². The maximum Gasteiger partial charge on any atom is 0.0507 e. The zero-order valence-electron chi connectivity index (χ0n) is 12.5. The normalized spacial score (nSPS) is 27.2. The first kappa shape index (κ1) is 13.9. The van der Waals surface area contributed by atoms with E-state index in [0.29, 0.717) is 6.04 Å². The van der Waals surface area contributed by atoms with Gasteiger partial charge in [-0.05, 0) is 44.4 Å². The molecule has 0 unspecified atom stereocenters. The van der Waals surface area contributed by atoms with E-state index in [0.717, 1.165) is 25.7 Å². The van der Waals surface area contributed by atoms with Crippen LogP contribution in [-0.2, 0) is 4.74 Å². The minimum atomic E-state index is 0.685. The van der Waals surface area contributed by atoms with Gasteiger partial charge in [0.1, 0.15) is 0 Å². The molecule has 2 saturated heterocycles. The highest BCUT2D eigenvalue weighted by Crippen LogP contribution is 2.23. The van der Waals surface area contributed by atoms with E-state index in [9.17, 15) is 0 Å². The van der Waals surface area contributed by atoms with E-state index in [-0.39, 0.29) is 0 Å². The molecule has 2 heterocycles. The summed E-state index contributed by atoms with van der Waals surface area (Å²) < 4.78 is 5.50. The van der Waals surface area contributed by atoms with Gasteiger partial charge in [-0.15, -0.1) is 0 Å². The minimum absolute atomic E-state index is 0.685. The Labute approximate surface area is 122 Å². The van der Waals surface area contributed by atoms with Gasteiger partial charge >= 0.3 is 0 Å². The third-order valence-corrected chi connectivity index (χ3v) is 4.71. The number of nitrogens with zero attached hydrogens (tertiary/aromatic N) is 2. The predicted molar refractivity (Wildman–Crippen MR) is 83.2 cm³/mol. The summed E-state index contributed by atoms with van der Waals surface area (Å²) in [4.78, 5) is 5.10. The van der Waals surface area contributed by atoms with Crippen LogP contribution in [0.5, 0.6) is 0 Å². The smallest absolute Gasteiger partial charge is 0.0507 e. The molecule has 3 nitrogen and oxygen atoms in total. The molecule has 20 heavy (non-hydrogen) atoms. The number of para-hydroxylation sites is 1. The van der Waals surface area contributed by atoms with E-state index in [4.69, 9.17) is 4.74 Å². The highest BCUT2D eigenvalue weighted by molar-refractivity contribution is 5.46. The summed E-state index contributed by atoms with van der Waals surface area (Å²) in [6, 6.07) is 11.5. The van der Waals surface area contributed by atoms with Crippen LogP contribution in [0.25, 0.3) is 0 Å². The lowest BCUT2D eigenvalue weighted by Gasteiger charge is -2.39. The summed E-state index contributed by atoms with van der Waals surface area (Å²) in [6.07, 6.45) is 3.86. The van der Waals surface area contributed by atoms with E-state index in [2.05, 4.69) is 47.2 Å². The molecule has 2 aliphatic heterocycles. The van der Waals surface area contributed by atoms with Crippen molar-refractivity contribution in [1.29, 1.82) is 0 Å². The molecule has 0 aliphatic carbocycles. The highest BCUT2D eigenvalue weighted by atomic mass is 16.5. The van der Waals surface area contributed by atoms with Crippen molar-refractivity contribution >= 4 is 5.69 Å². The zero-order chi connectivity index (χ0) is 13.8. The van der Waals surface area contributed by atoms with Crippen LogP contribution in [0.1, 0.15) is 19.3 Å². The average molecular weight is 274 g/mol. The topological polar surface area (TPSA) is 15.7 Å². The number of anilines is 1. The first-order chi connectivity index (χ1) is 9.83. The summed E-state index contributed by atoms with van der Waals surface area (Å²) in [6.45, 7) is 5.46. The van der Waals surface area contributed by atoms with E-state index in [1.165, 1.54) is 38.0 Å². The van der Waals surface area contributed by atoms with Crippen LogP contribution in [0, 0.1) is 5.92 Å². The third kappa shape index (κ3) is 3.33. The maximum absolute atomic E-state index is 5.50. The maximum atomic E-state index is 5.50. The molecule has 0 N–H and O–H groups in total. The van der Waals surface area contributed by atoms with Gasteiger partial charge in [-0.1, -0.05) is 18.2 Å². The minimum Gasteiger partial charge on any atom is -0.381 e. The van der Waals surface area contributed by atoms with Crippen LogP contribution >= 0.6 is 0 Å². The van der Waals surface area contributed by atoms with Gasteiger partial charge in [0.15, 0.2) is 0 Å². The molecular formula is C17H26N2O. The largest absolute Gasteiger partial charge is 0.381 e. The van der Waals surface area contributed by atoms with Crippen molar-refractivity contribution in [2.24, 2.45) is 5.92 Å². The van der Waals surface area contributed by atoms with Crippen molar-refractivity contribution in [3.8, 4) is 0 Å². The predicted octanol–water partition coefficient (Wildman–Crippen LogP) is 2.62. The molecule has 2 atom stereocenters. The van der Waals surface area contributed by atoms with Gasteiger partial charge in [0.25, 0.3) is 0 Å². The molecule has 0 aromatic heterocycles. The molecule has 0 bridgehead atoms. The van der Waals surface area contributed by atoms with Crippen LogP contribution in [0.3, 0.4) is 0 Å². The van der Waals surface area contributed by atoms with Crippen molar-refractivity contribution in [2.75, 3.05) is 44.8 Å². The van der Waals surface area contributed by atoms with Crippen molar-refractivity contribution in [1.82, 2.24) is 4.90 Å². The second kappa shape index (κ2) is 6.59. The van der Waals surface area contributed by atoms with Gasteiger partial charge in [-0.25, -0.2) is 0 Å². The van der Waals surface area contributed by atoms with Gasteiger partial charge in [-0.3, -0.25) is 0 Å². The lowest BCUT2D eigenvalue weighted by Crippen LogP contribution is -2.47. The van der Waals surface area contributed by atoms with Gasteiger partial charge < -0.3 is 14.5 Å². The van der Waals surface area contributed by atoms with Crippen molar-refractivity contribution in [3.05, 3.63) is 30.3 Å². The monoisotopic (exact) mass is 274 g/mol. The Bertz CT molecular complexity index is 403. The molecule has 0 spiro atoms. The number of benzene rings is 1. The number of hydrogen-bond acceptors (Lipinski definition) is 3. The first-order valence-electron chi connectivity index (χ1n) is 7.91. The molecule has 0 amide bonds. The zero-order valence-corrected chi connectivity index (χ0v) is 12.5. The number of rotatable bonds is 4. The van der Waals surface area contributed by atoms with Crippen LogP contribution in [0.2, 0.25) is 0 Å². The number of piperidine rings is 1. The fourth-order valence-electron chi connectivity index (χ4n) is 3.47. The van der Waals surface area contributed by atoms with Gasteiger partial charge in [0.2, 0.25) is 0 Å². The summed E-state index contributed by atoms with van der Waals surface area (Å²) in [7, 11) is 2.29. The molecule has 1 aromatic rings. The Balaban J connectivity index is 1.57. The number of hydrogen-bond donors (Lipinski definition) is 0. The van der Waals surface area contributed by atoms with Crippen LogP contribution < -0.4 is 4.90 Å². The quantitative estimate of drug-likeness (QED) is 0.839. The highest BCUT2D eigenvalue weighted by Gasteiger charge is 2.26. The SMILES string of the molecule is CN(C[C@H]1CCOC1)[C@@H]1CCCN(c2ccccc2)C1. The summed E-state index contributed by atoms with van der Waals surface area (Å²) in [5, 5.41) is 0. The average Bonchev–Trinajstić information content (AvgIpc) is 3.01. The Morgan fingerprint density at radius 3 is 2.85 bits per heavy atom. The Morgan fingerprint density at radius 1 is 1.25 bits per heavy atom. The van der Waals surface area contributed by atoms with E-state index < -0.39 is 0 Å². The van der Waals surface area contributed by atoms with E-state index in [1.54, 1.807) is 0 Å². The molecule has 1 aromatic carbocycles. The summed E-state index contributed by atoms with van der Waals surface area (Å²) in [5.41, 5.74) is 1.37. The van der Waals surface area contributed by atoms with Gasteiger partial charge in [0, 0.05) is 38.0 Å². The fourth-order valence-corrected chi connectivity index (χ4v) is 3.47. The lowest BCUT2D eigenvalue weighted by molar-refractivity contribution is 0.153. The fraction of sp³-hybridized carbons (Fsp3) is 0.647. The molecular weight excluding hydrogens is 248 g/mol. The lowest BCUT2D eigenvalue weighted by atomic mass is 10.0.